The average Bonchev–Trinajstić information content (AvgIpc) is 2.74. The van der Waals surface area contributed by atoms with Crippen LogP contribution in [-0.2, 0) is 4.75 Å². The predicted octanol–water partition coefficient (Wildman–Crippen LogP) is 3.40. The molecule has 1 saturated carbocycles. The van der Waals surface area contributed by atoms with E-state index in [9.17, 15) is 0 Å². The first-order chi connectivity index (χ1) is 5.80. The summed E-state index contributed by atoms with van der Waals surface area (Å²) in [4.78, 5) is 0. The molecule has 1 fully saturated rings. The Hall–Kier alpha value is -0.340. The fourth-order valence-electron chi connectivity index (χ4n) is 1.67. The third-order valence-electron chi connectivity index (χ3n) is 2.53. The summed E-state index contributed by atoms with van der Waals surface area (Å²) in [6, 6.07) is 6.10. The number of fused-ring (bicyclic) bond motifs is 2. The summed E-state index contributed by atoms with van der Waals surface area (Å²) in [7, 11) is 0. The molecule has 0 bridgehead atoms. The predicted molar refractivity (Wildman–Crippen MR) is 53.6 cm³/mol. The average molecular weight is 198 g/mol. The van der Waals surface area contributed by atoms with Crippen molar-refractivity contribution in [1.29, 1.82) is 0 Å². The third-order valence-corrected chi connectivity index (χ3v) is 4.11. The van der Waals surface area contributed by atoms with Gasteiger partial charge in [-0.15, -0.1) is 0 Å². The van der Waals surface area contributed by atoms with Gasteiger partial charge < -0.3 is 4.72 Å². The number of hydrogen-bond donors (Lipinski definition) is 1. The van der Waals surface area contributed by atoms with Crippen LogP contribution in [0.1, 0.15) is 18.4 Å². The molecule has 1 nitrogen and oxygen atoms in total. The summed E-state index contributed by atoms with van der Waals surface area (Å²) in [6.07, 6.45) is 2.58. The second kappa shape index (κ2) is 2.12. The summed E-state index contributed by atoms with van der Waals surface area (Å²) in [5.41, 5.74) is 2.65. The van der Waals surface area contributed by atoms with Crippen molar-refractivity contribution in [2.45, 2.75) is 17.6 Å². The zero-order valence-electron chi connectivity index (χ0n) is 6.43. The van der Waals surface area contributed by atoms with Crippen molar-refractivity contribution in [3.05, 3.63) is 28.8 Å². The highest BCUT2D eigenvalue weighted by Crippen LogP contribution is 2.63. The number of halogens is 1. The Balaban J connectivity index is 2.20. The Labute approximate surface area is 80.6 Å². The molecule has 1 heterocycles. The Kier molecular flexibility index (Phi) is 1.25. The lowest BCUT2D eigenvalue weighted by Crippen LogP contribution is -1.93. The van der Waals surface area contributed by atoms with Crippen molar-refractivity contribution in [1.82, 2.24) is 0 Å². The summed E-state index contributed by atoms with van der Waals surface area (Å²) >= 11 is 7.78. The van der Waals surface area contributed by atoms with Crippen molar-refractivity contribution in [3.63, 3.8) is 0 Å². The van der Waals surface area contributed by atoms with Gasteiger partial charge in [0.25, 0.3) is 0 Å². The van der Waals surface area contributed by atoms with Gasteiger partial charge in [0, 0.05) is 10.7 Å². The molecule has 62 valence electrons. The van der Waals surface area contributed by atoms with Gasteiger partial charge in [-0.05, 0) is 48.6 Å². The van der Waals surface area contributed by atoms with E-state index < -0.39 is 0 Å². The highest BCUT2D eigenvalue weighted by atomic mass is 35.5. The molecule has 3 heteroatoms. The summed E-state index contributed by atoms with van der Waals surface area (Å²) in [5, 5.41) is 0.851. The Bertz CT molecular complexity index is 346. The monoisotopic (exact) mass is 197 g/mol. The first-order valence-corrected chi connectivity index (χ1v) is 5.24. The molecule has 0 radical (unpaired) electrons. The van der Waals surface area contributed by atoms with Crippen molar-refractivity contribution < 1.29 is 0 Å². The SMILES string of the molecule is Clc1ccc2c(c1)C1(CC1)SN2. The van der Waals surface area contributed by atoms with Crippen molar-refractivity contribution >= 4 is 29.2 Å². The topological polar surface area (TPSA) is 12.0 Å². The maximum absolute atomic E-state index is 5.94. The Morgan fingerprint density at radius 2 is 2.25 bits per heavy atom. The summed E-state index contributed by atoms with van der Waals surface area (Å²) < 4.78 is 3.73. The quantitative estimate of drug-likeness (QED) is 0.640. The maximum Gasteiger partial charge on any atom is 0.0628 e. The van der Waals surface area contributed by atoms with Crippen molar-refractivity contribution in [3.8, 4) is 0 Å². The molecule has 1 spiro atoms. The van der Waals surface area contributed by atoms with Crippen LogP contribution >= 0.6 is 23.5 Å². The van der Waals surface area contributed by atoms with Crippen LogP contribution in [0.3, 0.4) is 0 Å². The first kappa shape index (κ1) is 7.10. The molecule has 0 unspecified atom stereocenters. The number of anilines is 1. The van der Waals surface area contributed by atoms with Gasteiger partial charge in [-0.1, -0.05) is 11.6 Å². The molecule has 1 aromatic rings. The molecule has 1 aromatic carbocycles. The maximum atomic E-state index is 5.94. The standard InChI is InChI=1S/C9H8ClNS/c10-6-1-2-8-7(5-6)9(3-4-9)12-11-8/h1-2,5,11H,3-4H2. The molecule has 3 rings (SSSR count). The van der Waals surface area contributed by atoms with E-state index in [0.717, 1.165) is 5.02 Å². The van der Waals surface area contributed by atoms with E-state index in [4.69, 9.17) is 11.6 Å². The second-order valence-corrected chi connectivity index (χ2v) is 5.01. The summed E-state index contributed by atoms with van der Waals surface area (Å²) in [5.74, 6) is 0. The molecule has 0 saturated heterocycles. The smallest absolute Gasteiger partial charge is 0.0628 e. The van der Waals surface area contributed by atoms with E-state index in [2.05, 4.69) is 16.9 Å². The van der Waals surface area contributed by atoms with E-state index in [-0.39, 0.29) is 0 Å². The van der Waals surface area contributed by atoms with Gasteiger partial charge in [0.05, 0.1) is 4.75 Å². The van der Waals surface area contributed by atoms with Gasteiger partial charge in [-0.3, -0.25) is 0 Å². The van der Waals surface area contributed by atoms with E-state index in [1.807, 2.05) is 18.0 Å². The molecular weight excluding hydrogens is 190 g/mol. The molecular formula is C9H8ClNS. The van der Waals surface area contributed by atoms with Crippen LogP contribution in [0.15, 0.2) is 18.2 Å². The van der Waals surface area contributed by atoms with Crippen LogP contribution in [0.2, 0.25) is 5.02 Å². The van der Waals surface area contributed by atoms with E-state index in [1.165, 1.54) is 24.1 Å². The van der Waals surface area contributed by atoms with Gasteiger partial charge in [0.1, 0.15) is 0 Å². The molecule has 0 amide bonds. The minimum Gasteiger partial charge on any atom is -0.329 e. The number of hydrogen-bond acceptors (Lipinski definition) is 2. The normalized spacial score (nSPS) is 22.1. The van der Waals surface area contributed by atoms with E-state index in [0.29, 0.717) is 4.75 Å². The lowest BCUT2D eigenvalue weighted by atomic mass is 10.1. The lowest BCUT2D eigenvalue weighted by molar-refractivity contribution is 1.06. The Morgan fingerprint density at radius 1 is 1.42 bits per heavy atom. The molecule has 0 atom stereocenters. The summed E-state index contributed by atoms with van der Waals surface area (Å²) in [6.45, 7) is 0. The van der Waals surface area contributed by atoms with E-state index in [1.54, 1.807) is 0 Å². The highest BCUT2D eigenvalue weighted by Gasteiger charge is 2.50. The van der Waals surface area contributed by atoms with Crippen LogP contribution in [0.25, 0.3) is 0 Å². The molecule has 1 aliphatic heterocycles. The van der Waals surface area contributed by atoms with Crippen LogP contribution in [0, 0.1) is 0 Å². The molecule has 1 N–H and O–H groups in total. The zero-order chi connectivity index (χ0) is 8.18. The highest BCUT2D eigenvalue weighted by molar-refractivity contribution is 8.02. The minimum absolute atomic E-state index is 0.389. The fourth-order valence-corrected chi connectivity index (χ4v) is 2.92. The van der Waals surface area contributed by atoms with Gasteiger partial charge in [0.2, 0.25) is 0 Å². The van der Waals surface area contributed by atoms with Crippen LogP contribution in [-0.4, -0.2) is 0 Å². The van der Waals surface area contributed by atoms with Gasteiger partial charge in [0.15, 0.2) is 0 Å². The molecule has 1 aliphatic carbocycles. The lowest BCUT2D eigenvalue weighted by Gasteiger charge is -2.03. The van der Waals surface area contributed by atoms with Crippen LogP contribution in [0.4, 0.5) is 5.69 Å². The van der Waals surface area contributed by atoms with Gasteiger partial charge >= 0.3 is 0 Å². The van der Waals surface area contributed by atoms with Gasteiger partial charge in [-0.2, -0.15) is 0 Å². The zero-order valence-corrected chi connectivity index (χ0v) is 8.00. The molecule has 12 heavy (non-hydrogen) atoms. The van der Waals surface area contributed by atoms with Crippen molar-refractivity contribution in [2.75, 3.05) is 4.72 Å². The first-order valence-electron chi connectivity index (χ1n) is 4.04. The molecule has 2 aliphatic rings. The number of nitrogens with one attached hydrogen (secondary N) is 1. The van der Waals surface area contributed by atoms with Crippen LogP contribution in [0.5, 0.6) is 0 Å². The number of benzene rings is 1. The fraction of sp³-hybridized carbons (Fsp3) is 0.333. The van der Waals surface area contributed by atoms with Crippen LogP contribution < -0.4 is 4.72 Å². The van der Waals surface area contributed by atoms with E-state index >= 15 is 0 Å². The molecule has 0 aromatic heterocycles. The largest absolute Gasteiger partial charge is 0.329 e. The van der Waals surface area contributed by atoms with Gasteiger partial charge in [-0.25, -0.2) is 0 Å². The van der Waals surface area contributed by atoms with Crippen molar-refractivity contribution in [2.24, 2.45) is 0 Å². The Morgan fingerprint density at radius 3 is 3.00 bits per heavy atom. The third kappa shape index (κ3) is 0.824. The number of rotatable bonds is 0. The minimum atomic E-state index is 0.389. The second-order valence-electron chi connectivity index (χ2n) is 3.39.